The van der Waals surface area contributed by atoms with Crippen molar-refractivity contribution in [2.24, 2.45) is 0 Å². The number of rotatable bonds is 3. The Morgan fingerprint density at radius 1 is 1.12 bits per heavy atom. The molecule has 0 aliphatic carbocycles. The molecule has 4 N–H and O–H groups in total. The fraction of sp³-hybridized carbons (Fsp3) is 0.0833. The van der Waals surface area contributed by atoms with Gasteiger partial charge in [0.25, 0.3) is 0 Å². The Balaban J connectivity index is 2.08. The van der Waals surface area contributed by atoms with Crippen LogP contribution in [0.15, 0.2) is 41.4 Å². The van der Waals surface area contributed by atoms with E-state index in [-0.39, 0.29) is 0 Å². The molecule has 2 rings (SSSR count). The number of thioether (sulfide) groups is 1. The lowest BCUT2D eigenvalue weighted by Crippen LogP contribution is -1.98. The minimum Gasteiger partial charge on any atom is -0.396 e. The van der Waals surface area contributed by atoms with Gasteiger partial charge in [0.2, 0.25) is 0 Å². The third-order valence-electron chi connectivity index (χ3n) is 2.27. The van der Waals surface area contributed by atoms with E-state index in [0.717, 1.165) is 21.4 Å². The summed E-state index contributed by atoms with van der Waals surface area (Å²) in [5.41, 5.74) is 12.8. The van der Waals surface area contributed by atoms with Crippen LogP contribution in [0.25, 0.3) is 0 Å². The van der Waals surface area contributed by atoms with Gasteiger partial charge in [-0.2, -0.15) is 0 Å². The van der Waals surface area contributed by atoms with Gasteiger partial charge in [-0.1, -0.05) is 29.8 Å². The average Bonchev–Trinajstić information content (AvgIpc) is 2.32. The standard InChI is InChI=1S/C12H12ClN3S/c13-9-4-2-1-3-8(9)7-17-11-6-5-10(14)12(15)16-11/h1-6H,7,14H2,(H2,15,16). The highest BCUT2D eigenvalue weighted by Gasteiger charge is 2.03. The molecular formula is C12H12ClN3S. The molecule has 0 spiro atoms. The van der Waals surface area contributed by atoms with E-state index < -0.39 is 0 Å². The summed E-state index contributed by atoms with van der Waals surface area (Å²) in [4.78, 5) is 4.19. The van der Waals surface area contributed by atoms with Gasteiger partial charge in [0, 0.05) is 10.8 Å². The summed E-state index contributed by atoms with van der Waals surface area (Å²) in [5, 5.41) is 1.61. The first-order chi connectivity index (χ1) is 8.16. The molecule has 2 aromatic rings. The summed E-state index contributed by atoms with van der Waals surface area (Å²) >= 11 is 7.65. The van der Waals surface area contributed by atoms with Crippen LogP contribution in [0.1, 0.15) is 5.56 Å². The Hall–Kier alpha value is -1.39. The van der Waals surface area contributed by atoms with Gasteiger partial charge in [0.15, 0.2) is 0 Å². The first kappa shape index (κ1) is 12.1. The van der Waals surface area contributed by atoms with E-state index in [4.69, 9.17) is 23.1 Å². The largest absolute Gasteiger partial charge is 0.396 e. The number of halogens is 1. The Morgan fingerprint density at radius 2 is 1.88 bits per heavy atom. The molecule has 1 heterocycles. The highest BCUT2D eigenvalue weighted by Crippen LogP contribution is 2.26. The molecule has 0 aliphatic rings. The molecule has 0 atom stereocenters. The van der Waals surface area contributed by atoms with Crippen molar-refractivity contribution in [2.75, 3.05) is 11.5 Å². The van der Waals surface area contributed by atoms with Crippen molar-refractivity contribution in [2.45, 2.75) is 10.8 Å². The van der Waals surface area contributed by atoms with Crippen LogP contribution in [0.3, 0.4) is 0 Å². The fourth-order valence-corrected chi connectivity index (χ4v) is 2.48. The topological polar surface area (TPSA) is 64.9 Å². The predicted octanol–water partition coefficient (Wildman–Crippen LogP) is 3.19. The van der Waals surface area contributed by atoms with Gasteiger partial charge in [-0.3, -0.25) is 0 Å². The molecule has 0 amide bonds. The van der Waals surface area contributed by atoms with E-state index in [2.05, 4.69) is 4.98 Å². The van der Waals surface area contributed by atoms with Crippen LogP contribution < -0.4 is 11.5 Å². The van der Waals surface area contributed by atoms with Gasteiger partial charge >= 0.3 is 0 Å². The van der Waals surface area contributed by atoms with Gasteiger partial charge in [-0.05, 0) is 23.8 Å². The maximum Gasteiger partial charge on any atom is 0.147 e. The smallest absolute Gasteiger partial charge is 0.147 e. The normalized spacial score (nSPS) is 10.4. The number of anilines is 2. The molecule has 0 saturated carbocycles. The molecule has 0 aliphatic heterocycles. The van der Waals surface area contributed by atoms with Crippen LogP contribution in [-0.2, 0) is 5.75 Å². The van der Waals surface area contributed by atoms with Crippen molar-refractivity contribution >= 4 is 34.9 Å². The third kappa shape index (κ3) is 3.05. The van der Waals surface area contributed by atoms with Gasteiger partial charge in [-0.25, -0.2) is 4.98 Å². The molecule has 1 aromatic heterocycles. The van der Waals surface area contributed by atoms with E-state index in [9.17, 15) is 0 Å². The molecule has 5 heteroatoms. The molecule has 17 heavy (non-hydrogen) atoms. The quantitative estimate of drug-likeness (QED) is 0.837. The molecule has 0 radical (unpaired) electrons. The van der Waals surface area contributed by atoms with E-state index in [1.54, 1.807) is 17.8 Å². The first-order valence-corrected chi connectivity index (χ1v) is 6.41. The maximum atomic E-state index is 6.07. The first-order valence-electron chi connectivity index (χ1n) is 5.05. The lowest BCUT2D eigenvalue weighted by Gasteiger charge is -2.05. The maximum absolute atomic E-state index is 6.07. The summed E-state index contributed by atoms with van der Waals surface area (Å²) < 4.78 is 0. The Morgan fingerprint density at radius 3 is 2.59 bits per heavy atom. The second-order valence-corrected chi connectivity index (χ2v) is 4.91. The zero-order chi connectivity index (χ0) is 12.3. The predicted molar refractivity (Wildman–Crippen MR) is 74.1 cm³/mol. The van der Waals surface area contributed by atoms with Gasteiger partial charge in [0.05, 0.1) is 10.7 Å². The number of nitrogens with zero attached hydrogens (tertiary/aromatic N) is 1. The Kier molecular flexibility index (Phi) is 3.76. The minimum absolute atomic E-state index is 0.370. The monoisotopic (exact) mass is 265 g/mol. The summed E-state index contributed by atoms with van der Waals surface area (Å²) in [6.45, 7) is 0. The van der Waals surface area contributed by atoms with Gasteiger partial charge < -0.3 is 11.5 Å². The second kappa shape index (κ2) is 5.29. The van der Waals surface area contributed by atoms with Crippen LogP contribution in [0.2, 0.25) is 5.02 Å². The van der Waals surface area contributed by atoms with Gasteiger partial charge in [0.1, 0.15) is 5.82 Å². The summed E-state index contributed by atoms with van der Waals surface area (Å²) in [6, 6.07) is 11.4. The zero-order valence-corrected chi connectivity index (χ0v) is 10.6. The van der Waals surface area contributed by atoms with Crippen molar-refractivity contribution in [3.05, 3.63) is 47.0 Å². The molecule has 88 valence electrons. The van der Waals surface area contributed by atoms with Crippen molar-refractivity contribution in [1.29, 1.82) is 0 Å². The summed E-state index contributed by atoms with van der Waals surface area (Å²) in [5.74, 6) is 1.13. The number of hydrogen-bond acceptors (Lipinski definition) is 4. The lowest BCUT2D eigenvalue weighted by molar-refractivity contribution is 1.14. The molecule has 3 nitrogen and oxygen atoms in total. The van der Waals surface area contributed by atoms with E-state index >= 15 is 0 Å². The van der Waals surface area contributed by atoms with Crippen LogP contribution in [0.4, 0.5) is 11.5 Å². The second-order valence-electron chi connectivity index (χ2n) is 3.50. The van der Waals surface area contributed by atoms with Crippen LogP contribution >= 0.6 is 23.4 Å². The van der Waals surface area contributed by atoms with Gasteiger partial charge in [-0.15, -0.1) is 11.8 Å². The minimum atomic E-state index is 0.370. The van der Waals surface area contributed by atoms with E-state index in [1.165, 1.54) is 0 Å². The third-order valence-corrected chi connectivity index (χ3v) is 3.61. The molecule has 0 saturated heterocycles. The lowest BCUT2D eigenvalue weighted by atomic mass is 10.2. The fourth-order valence-electron chi connectivity index (χ4n) is 1.31. The SMILES string of the molecule is Nc1ccc(SCc2ccccc2Cl)nc1N. The van der Waals surface area contributed by atoms with Crippen LogP contribution in [0.5, 0.6) is 0 Å². The summed E-state index contributed by atoms with van der Waals surface area (Å²) in [7, 11) is 0. The Labute approximate surface area is 109 Å². The molecule has 0 bridgehead atoms. The van der Waals surface area contributed by atoms with Crippen LogP contribution in [0, 0.1) is 0 Å². The highest BCUT2D eigenvalue weighted by atomic mass is 35.5. The van der Waals surface area contributed by atoms with E-state index in [0.29, 0.717) is 11.5 Å². The highest BCUT2D eigenvalue weighted by molar-refractivity contribution is 7.98. The van der Waals surface area contributed by atoms with Crippen molar-refractivity contribution in [1.82, 2.24) is 4.98 Å². The number of pyridine rings is 1. The van der Waals surface area contributed by atoms with Crippen molar-refractivity contribution in [3.63, 3.8) is 0 Å². The number of nitrogens with two attached hydrogens (primary N) is 2. The number of benzene rings is 1. The van der Waals surface area contributed by atoms with Crippen LogP contribution in [-0.4, -0.2) is 4.98 Å². The number of nitrogen functional groups attached to an aromatic ring is 2. The zero-order valence-electron chi connectivity index (χ0n) is 9.06. The van der Waals surface area contributed by atoms with Crippen molar-refractivity contribution < 1.29 is 0 Å². The van der Waals surface area contributed by atoms with E-state index in [1.807, 2.05) is 30.3 Å². The number of aromatic nitrogens is 1. The van der Waals surface area contributed by atoms with Crippen molar-refractivity contribution in [3.8, 4) is 0 Å². The molecular weight excluding hydrogens is 254 g/mol. The molecule has 1 aromatic carbocycles. The average molecular weight is 266 g/mol. The number of hydrogen-bond donors (Lipinski definition) is 2. The molecule has 0 fully saturated rings. The molecule has 0 unspecified atom stereocenters. The Bertz CT molecular complexity index is 531. The summed E-state index contributed by atoms with van der Waals surface area (Å²) in [6.07, 6.45) is 0.